The van der Waals surface area contributed by atoms with Crippen LogP contribution in [0.1, 0.15) is 83.5 Å². The maximum Gasteiger partial charge on any atom is 0.340 e. The molecule has 0 N–H and O–H groups in total. The van der Waals surface area contributed by atoms with Crippen molar-refractivity contribution in [1.29, 1.82) is 0 Å². The minimum Gasteiger partial charge on any atom is -0.459 e. The molecule has 1 unspecified atom stereocenters. The summed E-state index contributed by atoms with van der Waals surface area (Å²) in [6.07, 6.45) is 0.655. The van der Waals surface area contributed by atoms with Crippen LogP contribution in [-0.2, 0) is 26.8 Å². The summed E-state index contributed by atoms with van der Waals surface area (Å²) in [5.74, 6) is -0.724. The molecule has 267 valence electrons. The van der Waals surface area contributed by atoms with Crippen molar-refractivity contribution in [2.45, 2.75) is 69.9 Å². The van der Waals surface area contributed by atoms with E-state index in [0.29, 0.717) is 30.5 Å². The second kappa shape index (κ2) is 13.4. The fourth-order valence-corrected chi connectivity index (χ4v) is 7.66. The topological polar surface area (TPSA) is 85.5 Å². The minimum absolute atomic E-state index is 0.324. The van der Waals surface area contributed by atoms with E-state index in [4.69, 9.17) is 9.47 Å². The third kappa shape index (κ3) is 6.80. The maximum atomic E-state index is 13.5. The number of cyclic esters (lactones) is 1. The lowest BCUT2D eigenvalue weighted by molar-refractivity contribution is -0.298. The largest absolute Gasteiger partial charge is 0.459 e. The van der Waals surface area contributed by atoms with Crippen molar-refractivity contribution in [3.8, 4) is 0 Å². The quantitative estimate of drug-likeness (QED) is 0.168. The van der Waals surface area contributed by atoms with Gasteiger partial charge in [-0.2, -0.15) is 0 Å². The average Bonchev–Trinajstić information content (AvgIpc) is 3.39. The van der Waals surface area contributed by atoms with Gasteiger partial charge in [-0.25, -0.2) is 9.59 Å². The van der Waals surface area contributed by atoms with Gasteiger partial charge in [0.05, 0.1) is 11.1 Å². The van der Waals surface area contributed by atoms with Crippen LogP contribution in [0.25, 0.3) is 0 Å². The van der Waals surface area contributed by atoms with Gasteiger partial charge >= 0.3 is 11.9 Å². The number of esters is 2. The smallest absolute Gasteiger partial charge is 0.340 e. The van der Waals surface area contributed by atoms with Crippen LogP contribution in [0.4, 0.5) is 17.1 Å². The first-order chi connectivity index (χ1) is 24.0. The normalized spacial score (nSPS) is 19.6. The Morgan fingerprint density at radius 1 is 0.745 bits per heavy atom. The molecule has 4 aromatic rings. The van der Waals surface area contributed by atoms with Crippen LogP contribution in [-0.4, -0.2) is 69.4 Å². The maximum absolute atomic E-state index is 13.5. The van der Waals surface area contributed by atoms with Crippen LogP contribution in [0.2, 0.25) is 0 Å². The summed E-state index contributed by atoms with van der Waals surface area (Å²) in [6, 6.07) is 29.7. The summed E-state index contributed by atoms with van der Waals surface area (Å²) >= 11 is 0. The molecule has 2 aliphatic rings. The first-order valence-corrected chi connectivity index (χ1v) is 17.4. The lowest BCUT2D eigenvalue weighted by Crippen LogP contribution is -2.60. The van der Waals surface area contributed by atoms with E-state index in [0.717, 1.165) is 44.4 Å². The van der Waals surface area contributed by atoms with Crippen molar-refractivity contribution in [3.05, 3.63) is 124 Å². The van der Waals surface area contributed by atoms with Crippen LogP contribution in [0, 0.1) is 0 Å². The molecule has 0 aromatic heterocycles. The van der Waals surface area contributed by atoms with Crippen LogP contribution in [0.3, 0.4) is 0 Å². The Balaban J connectivity index is 1.20. The second-order valence-electron chi connectivity index (χ2n) is 15.6. The number of fused-ring (bicyclic) bond motifs is 1. The number of piperidine rings is 1. The van der Waals surface area contributed by atoms with E-state index in [-0.39, 0.29) is 18.0 Å². The standard InChI is InChI=1S/C42H49N4O5/c1-40(2)25-35(26-41(3,4)46(40)49)50-38(47)29-12-10-28(11-13-29)27-45(9)33-20-16-31(17-21-33)42(30-14-18-32(19-15-30)43(5)6)37-23-22-34(44(7)8)24-36(37)39(48)51-42/h10-24,35H,25-27H2,1-9H3. The van der Waals surface area contributed by atoms with Crippen molar-refractivity contribution in [1.82, 2.24) is 5.06 Å². The number of anilines is 3. The first kappa shape index (κ1) is 35.9. The Kier molecular flexibility index (Phi) is 9.42. The van der Waals surface area contributed by atoms with Gasteiger partial charge in [0, 0.05) is 99.5 Å². The van der Waals surface area contributed by atoms with Gasteiger partial charge in [-0.1, -0.05) is 42.5 Å². The Morgan fingerprint density at radius 3 is 1.78 bits per heavy atom. The summed E-state index contributed by atoms with van der Waals surface area (Å²) in [5, 5.41) is 13.8. The van der Waals surface area contributed by atoms with E-state index >= 15 is 0 Å². The number of nitrogens with zero attached hydrogens (tertiary/aromatic N) is 4. The van der Waals surface area contributed by atoms with Crippen LogP contribution < -0.4 is 14.7 Å². The third-order valence-electron chi connectivity index (χ3n) is 10.3. The van der Waals surface area contributed by atoms with Crippen LogP contribution in [0.15, 0.2) is 91.0 Å². The van der Waals surface area contributed by atoms with Gasteiger partial charge in [0.25, 0.3) is 0 Å². The predicted octanol–water partition coefficient (Wildman–Crippen LogP) is 7.44. The predicted molar refractivity (Wildman–Crippen MR) is 201 cm³/mol. The Morgan fingerprint density at radius 2 is 1.25 bits per heavy atom. The summed E-state index contributed by atoms with van der Waals surface area (Å²) in [5.41, 5.74) is 5.29. The van der Waals surface area contributed by atoms with Gasteiger partial charge in [-0.15, -0.1) is 10.3 Å². The SMILES string of the molecule is CN(C)c1ccc(C2(c3ccc(N(C)Cc4ccc(C(=O)OC5CC(C)(C)N([O])C(C)(C)C5)cc4)cc3)OC(=O)c3cc(N(C)C)ccc32)cc1. The molecule has 1 atom stereocenters. The molecule has 4 aromatic carbocycles. The van der Waals surface area contributed by atoms with Crippen molar-refractivity contribution in [3.63, 3.8) is 0 Å². The Labute approximate surface area is 301 Å². The molecular weight excluding hydrogens is 640 g/mol. The van der Waals surface area contributed by atoms with Crippen molar-refractivity contribution >= 4 is 29.0 Å². The van der Waals surface area contributed by atoms with Gasteiger partial charge in [-0.05, 0) is 81.8 Å². The number of hydrogen-bond acceptors (Lipinski definition) is 8. The highest BCUT2D eigenvalue weighted by molar-refractivity contribution is 5.97. The highest BCUT2D eigenvalue weighted by atomic mass is 16.6. The molecule has 9 heteroatoms. The van der Waals surface area contributed by atoms with Crippen LogP contribution in [0.5, 0.6) is 0 Å². The number of rotatable bonds is 9. The zero-order valence-electron chi connectivity index (χ0n) is 31.2. The second-order valence-corrected chi connectivity index (χ2v) is 15.6. The van der Waals surface area contributed by atoms with Crippen molar-refractivity contribution < 1.29 is 24.3 Å². The molecular formula is C42H49N4O5. The van der Waals surface area contributed by atoms with Crippen LogP contribution >= 0.6 is 0 Å². The number of hydroxylamine groups is 2. The summed E-state index contributed by atoms with van der Waals surface area (Å²) in [6.45, 7) is 8.19. The Bertz CT molecular complexity index is 1880. The van der Waals surface area contributed by atoms with Gasteiger partial charge in [-0.3, -0.25) is 0 Å². The molecule has 51 heavy (non-hydrogen) atoms. The number of benzene rings is 4. The van der Waals surface area contributed by atoms with E-state index in [2.05, 4.69) is 4.90 Å². The van der Waals surface area contributed by atoms with E-state index < -0.39 is 16.7 Å². The lowest BCUT2D eigenvalue weighted by atomic mass is 9.79. The van der Waals surface area contributed by atoms with E-state index in [1.165, 1.54) is 0 Å². The van der Waals surface area contributed by atoms with Gasteiger partial charge in [0.15, 0.2) is 5.60 Å². The molecule has 2 aliphatic heterocycles. The fraction of sp³-hybridized carbons (Fsp3) is 0.381. The molecule has 1 radical (unpaired) electrons. The highest BCUT2D eigenvalue weighted by Gasteiger charge is 2.49. The number of ether oxygens (including phenoxy) is 2. The monoisotopic (exact) mass is 689 g/mol. The summed E-state index contributed by atoms with van der Waals surface area (Å²) in [4.78, 5) is 32.7. The molecule has 9 nitrogen and oxygen atoms in total. The van der Waals surface area contributed by atoms with E-state index in [1.807, 2.05) is 152 Å². The first-order valence-electron chi connectivity index (χ1n) is 17.4. The number of hydrogen-bond donors (Lipinski definition) is 0. The molecule has 0 amide bonds. The highest BCUT2D eigenvalue weighted by Crippen LogP contribution is 2.48. The minimum atomic E-state index is -1.10. The molecule has 0 spiro atoms. The molecule has 0 saturated carbocycles. The number of carbonyl (C=O) groups is 2. The van der Waals surface area contributed by atoms with Crippen molar-refractivity contribution in [2.75, 3.05) is 49.9 Å². The molecule has 2 heterocycles. The van der Waals surface area contributed by atoms with Gasteiger partial charge < -0.3 is 24.2 Å². The zero-order chi connectivity index (χ0) is 36.9. The number of carbonyl (C=O) groups excluding carboxylic acids is 2. The zero-order valence-corrected chi connectivity index (χ0v) is 31.2. The van der Waals surface area contributed by atoms with Crippen molar-refractivity contribution in [2.24, 2.45) is 0 Å². The average molecular weight is 690 g/mol. The summed E-state index contributed by atoms with van der Waals surface area (Å²) in [7, 11) is 9.93. The van der Waals surface area contributed by atoms with E-state index in [9.17, 15) is 14.8 Å². The lowest BCUT2D eigenvalue weighted by Gasteiger charge is -2.49. The van der Waals surface area contributed by atoms with Gasteiger partial charge in [0.1, 0.15) is 6.10 Å². The molecule has 0 bridgehead atoms. The molecule has 1 fully saturated rings. The molecule has 1 saturated heterocycles. The molecule has 6 rings (SSSR count). The van der Waals surface area contributed by atoms with E-state index in [1.54, 1.807) is 12.1 Å². The third-order valence-corrected chi connectivity index (χ3v) is 10.3. The van der Waals surface area contributed by atoms with Gasteiger partial charge in [0.2, 0.25) is 0 Å². The summed E-state index contributed by atoms with van der Waals surface area (Å²) < 4.78 is 12.3. The fourth-order valence-electron chi connectivity index (χ4n) is 7.66. The molecule has 0 aliphatic carbocycles. The Hall–Kier alpha value is -4.86.